The molecule has 3 nitrogen and oxygen atoms in total. The first kappa shape index (κ1) is 16.0. The molecule has 4 heteroatoms. The molecule has 1 fully saturated rings. The quantitative estimate of drug-likeness (QED) is 0.802. The van der Waals surface area contributed by atoms with Gasteiger partial charge in [0.2, 0.25) is 0 Å². The van der Waals surface area contributed by atoms with Crippen molar-refractivity contribution >= 4 is 17.2 Å². The van der Waals surface area contributed by atoms with E-state index in [1.54, 1.807) is 7.11 Å². The minimum atomic E-state index is 0.851. The van der Waals surface area contributed by atoms with Gasteiger partial charge in [0.05, 0.1) is 12.7 Å². The van der Waals surface area contributed by atoms with Crippen LogP contribution >= 0.6 is 12.2 Å². The Morgan fingerprint density at radius 3 is 2.30 bits per heavy atom. The molecule has 2 aromatic rings. The van der Waals surface area contributed by atoms with Crippen LogP contribution in [0.4, 0.5) is 0 Å². The Morgan fingerprint density at radius 2 is 1.61 bits per heavy atom. The zero-order chi connectivity index (χ0) is 16.1. The molecule has 23 heavy (non-hydrogen) atoms. The van der Waals surface area contributed by atoms with Crippen molar-refractivity contribution in [1.82, 2.24) is 9.80 Å². The number of hydrogen-bond donors (Lipinski definition) is 0. The number of hydrogen-bond acceptors (Lipinski definition) is 3. The van der Waals surface area contributed by atoms with Crippen molar-refractivity contribution in [2.24, 2.45) is 0 Å². The average molecular weight is 326 g/mol. The van der Waals surface area contributed by atoms with Gasteiger partial charge < -0.3 is 9.64 Å². The maximum Gasteiger partial charge on any atom is 0.129 e. The maximum atomic E-state index is 5.69. The lowest BCUT2D eigenvalue weighted by Crippen LogP contribution is -2.48. The molecular weight excluding hydrogens is 304 g/mol. The van der Waals surface area contributed by atoms with Crippen LogP contribution in [-0.2, 0) is 6.54 Å². The number of nitrogens with zero attached hydrogens (tertiary/aromatic N) is 2. The first-order valence-electron chi connectivity index (χ1n) is 7.96. The second-order valence-electron chi connectivity index (χ2n) is 5.75. The first-order chi connectivity index (χ1) is 11.3. The summed E-state index contributed by atoms with van der Waals surface area (Å²) in [4.78, 5) is 5.66. The van der Waals surface area contributed by atoms with Gasteiger partial charge in [0.15, 0.2) is 0 Å². The SMILES string of the molecule is COc1ccccc1C(=S)N1CCN(Cc2ccccc2)CC1. The number of benzene rings is 2. The van der Waals surface area contributed by atoms with Crippen molar-refractivity contribution in [3.8, 4) is 5.75 Å². The number of thiocarbonyl (C=S) groups is 1. The number of methoxy groups -OCH3 is 1. The standard InChI is InChI=1S/C19H22N2OS/c1-22-18-10-6-5-9-17(18)19(23)21-13-11-20(12-14-21)15-16-7-3-2-4-8-16/h2-10H,11-15H2,1H3. The molecule has 120 valence electrons. The van der Waals surface area contributed by atoms with Gasteiger partial charge in [-0.05, 0) is 17.7 Å². The molecule has 0 amide bonds. The van der Waals surface area contributed by atoms with Crippen LogP contribution in [0.3, 0.4) is 0 Å². The van der Waals surface area contributed by atoms with Gasteiger partial charge in [0.25, 0.3) is 0 Å². The molecule has 3 rings (SSSR count). The van der Waals surface area contributed by atoms with E-state index in [1.807, 2.05) is 24.3 Å². The molecule has 2 aromatic carbocycles. The molecule has 1 aliphatic heterocycles. The minimum Gasteiger partial charge on any atom is -0.496 e. The number of rotatable bonds is 4. The summed E-state index contributed by atoms with van der Waals surface area (Å²) in [6.45, 7) is 5.00. The Morgan fingerprint density at radius 1 is 0.957 bits per heavy atom. The second-order valence-corrected chi connectivity index (χ2v) is 6.14. The molecule has 0 saturated carbocycles. The molecule has 1 saturated heterocycles. The molecule has 1 heterocycles. The summed E-state index contributed by atoms with van der Waals surface area (Å²) in [6, 6.07) is 18.6. The highest BCUT2D eigenvalue weighted by Crippen LogP contribution is 2.21. The first-order valence-corrected chi connectivity index (χ1v) is 8.37. The van der Waals surface area contributed by atoms with E-state index in [4.69, 9.17) is 17.0 Å². The van der Waals surface area contributed by atoms with Crippen molar-refractivity contribution < 1.29 is 4.74 Å². The molecule has 0 N–H and O–H groups in total. The highest BCUT2D eigenvalue weighted by molar-refractivity contribution is 7.80. The lowest BCUT2D eigenvalue weighted by molar-refractivity contribution is 0.177. The maximum absolute atomic E-state index is 5.69. The summed E-state index contributed by atoms with van der Waals surface area (Å²) in [5.41, 5.74) is 2.38. The minimum absolute atomic E-state index is 0.851. The predicted molar refractivity (Wildman–Crippen MR) is 98.0 cm³/mol. The highest BCUT2D eigenvalue weighted by atomic mass is 32.1. The molecule has 0 aliphatic carbocycles. The van der Waals surface area contributed by atoms with Crippen LogP contribution < -0.4 is 4.74 Å². The molecule has 0 atom stereocenters. The van der Waals surface area contributed by atoms with Crippen LogP contribution in [0.25, 0.3) is 0 Å². The smallest absolute Gasteiger partial charge is 0.129 e. The number of para-hydroxylation sites is 1. The summed E-state index contributed by atoms with van der Waals surface area (Å²) >= 11 is 5.69. The highest BCUT2D eigenvalue weighted by Gasteiger charge is 2.21. The van der Waals surface area contributed by atoms with Crippen molar-refractivity contribution in [2.75, 3.05) is 33.3 Å². The van der Waals surface area contributed by atoms with E-state index in [-0.39, 0.29) is 0 Å². The molecule has 0 unspecified atom stereocenters. The summed E-state index contributed by atoms with van der Waals surface area (Å²) in [5.74, 6) is 0.851. The van der Waals surface area contributed by atoms with Crippen LogP contribution in [0.2, 0.25) is 0 Å². The Bertz CT molecular complexity index is 651. The third kappa shape index (κ3) is 3.89. The summed E-state index contributed by atoms with van der Waals surface area (Å²) in [7, 11) is 1.69. The number of ether oxygens (including phenoxy) is 1. The van der Waals surface area contributed by atoms with Crippen LogP contribution in [-0.4, -0.2) is 48.1 Å². The third-order valence-corrected chi connectivity index (χ3v) is 4.72. The average Bonchev–Trinajstić information content (AvgIpc) is 2.62. The van der Waals surface area contributed by atoms with Crippen molar-refractivity contribution in [1.29, 1.82) is 0 Å². The third-order valence-electron chi connectivity index (χ3n) is 4.25. The van der Waals surface area contributed by atoms with E-state index in [0.717, 1.165) is 49.0 Å². The van der Waals surface area contributed by atoms with Crippen molar-refractivity contribution in [3.63, 3.8) is 0 Å². The van der Waals surface area contributed by atoms with Crippen LogP contribution in [0.15, 0.2) is 54.6 Å². The lowest BCUT2D eigenvalue weighted by Gasteiger charge is -2.36. The fourth-order valence-electron chi connectivity index (χ4n) is 2.94. The van der Waals surface area contributed by atoms with Crippen molar-refractivity contribution in [3.05, 3.63) is 65.7 Å². The monoisotopic (exact) mass is 326 g/mol. The fraction of sp³-hybridized carbons (Fsp3) is 0.316. The van der Waals surface area contributed by atoms with Gasteiger partial charge in [0.1, 0.15) is 10.7 Å². The Kier molecular flexibility index (Phi) is 5.26. The van der Waals surface area contributed by atoms with E-state index in [0.29, 0.717) is 0 Å². The van der Waals surface area contributed by atoms with E-state index < -0.39 is 0 Å². The molecule has 0 spiro atoms. The van der Waals surface area contributed by atoms with Gasteiger partial charge in [-0.1, -0.05) is 54.7 Å². The molecule has 1 aliphatic rings. The molecular formula is C19H22N2OS. The normalized spacial score (nSPS) is 15.4. The summed E-state index contributed by atoms with van der Waals surface area (Å²) < 4.78 is 5.43. The molecule has 0 aromatic heterocycles. The van der Waals surface area contributed by atoms with E-state index >= 15 is 0 Å². The van der Waals surface area contributed by atoms with Gasteiger partial charge in [-0.3, -0.25) is 4.90 Å². The fourth-order valence-corrected chi connectivity index (χ4v) is 3.29. The van der Waals surface area contributed by atoms with Gasteiger partial charge in [-0.2, -0.15) is 0 Å². The van der Waals surface area contributed by atoms with Gasteiger partial charge in [-0.25, -0.2) is 0 Å². The van der Waals surface area contributed by atoms with E-state index in [2.05, 4.69) is 40.1 Å². The van der Waals surface area contributed by atoms with Gasteiger partial charge in [-0.15, -0.1) is 0 Å². The Balaban J connectivity index is 1.59. The second kappa shape index (κ2) is 7.57. The lowest BCUT2D eigenvalue weighted by atomic mass is 10.1. The summed E-state index contributed by atoms with van der Waals surface area (Å²) in [6.07, 6.45) is 0. The number of piperazine rings is 1. The van der Waals surface area contributed by atoms with Crippen LogP contribution in [0, 0.1) is 0 Å². The predicted octanol–water partition coefficient (Wildman–Crippen LogP) is 3.19. The van der Waals surface area contributed by atoms with Gasteiger partial charge in [0, 0.05) is 32.7 Å². The van der Waals surface area contributed by atoms with Crippen LogP contribution in [0.1, 0.15) is 11.1 Å². The van der Waals surface area contributed by atoms with E-state index in [9.17, 15) is 0 Å². The van der Waals surface area contributed by atoms with Crippen LogP contribution in [0.5, 0.6) is 5.75 Å². The zero-order valence-corrected chi connectivity index (χ0v) is 14.3. The van der Waals surface area contributed by atoms with E-state index in [1.165, 1.54) is 5.56 Å². The van der Waals surface area contributed by atoms with Gasteiger partial charge >= 0.3 is 0 Å². The summed E-state index contributed by atoms with van der Waals surface area (Å²) in [5, 5.41) is 0. The molecule has 0 radical (unpaired) electrons. The Hall–Kier alpha value is -1.91. The van der Waals surface area contributed by atoms with Crippen molar-refractivity contribution in [2.45, 2.75) is 6.54 Å². The topological polar surface area (TPSA) is 15.7 Å². The zero-order valence-electron chi connectivity index (χ0n) is 13.4. The molecule has 0 bridgehead atoms. The Labute approximate surface area is 143 Å². The largest absolute Gasteiger partial charge is 0.496 e.